The minimum Gasteiger partial charge on any atom is -0.494 e. The number of nitrogens with one attached hydrogen (secondary N) is 2. The van der Waals surface area contributed by atoms with Crippen LogP contribution in [0.1, 0.15) is 6.92 Å². The maximum atomic E-state index is 13.3. The van der Waals surface area contributed by atoms with Crippen molar-refractivity contribution in [2.75, 3.05) is 48.8 Å². The molecule has 1 fully saturated rings. The summed E-state index contributed by atoms with van der Waals surface area (Å²) in [4.78, 5) is 28.8. The van der Waals surface area contributed by atoms with Gasteiger partial charge >= 0.3 is 0 Å². The molecule has 0 spiro atoms. The fraction of sp³-hybridized carbons (Fsp3) is 0.214. The van der Waals surface area contributed by atoms with Crippen LogP contribution < -0.4 is 20.3 Å². The van der Waals surface area contributed by atoms with E-state index in [1.807, 2.05) is 23.1 Å². The fourth-order valence-electron chi connectivity index (χ4n) is 4.45. The van der Waals surface area contributed by atoms with Gasteiger partial charge in [-0.15, -0.1) is 0 Å². The van der Waals surface area contributed by atoms with Crippen LogP contribution in [0.3, 0.4) is 0 Å². The standard InChI is InChI=1S/C28H29N7O4S/c1-20(36)34-14-16-35(17-15-34)21-12-13-23(25(18-21)39-2)31-27-29-19-30-28(33-27)32-24-10-6-7-11-26(24)40(37,38)22-8-4-3-5-9-22/h3-13,18-19H,14-17H2,1-2H3,(H2,29,30,31,32,33). The van der Waals surface area contributed by atoms with Crippen molar-refractivity contribution in [3.63, 3.8) is 0 Å². The van der Waals surface area contributed by atoms with Crippen LogP contribution in [0.2, 0.25) is 0 Å². The lowest BCUT2D eigenvalue weighted by Crippen LogP contribution is -2.48. The van der Waals surface area contributed by atoms with Crippen LogP contribution in [0, 0.1) is 0 Å². The number of methoxy groups -OCH3 is 1. The number of carbonyl (C=O) groups excluding carboxylic acids is 1. The third-order valence-corrected chi connectivity index (χ3v) is 8.40. The number of hydrogen-bond acceptors (Lipinski definition) is 10. The van der Waals surface area contributed by atoms with Crippen molar-refractivity contribution in [1.82, 2.24) is 19.9 Å². The van der Waals surface area contributed by atoms with Gasteiger partial charge in [-0.3, -0.25) is 4.79 Å². The molecule has 1 amide bonds. The molecule has 0 saturated carbocycles. The van der Waals surface area contributed by atoms with E-state index in [0.717, 1.165) is 18.8 Å². The number of aromatic nitrogens is 3. The molecule has 0 atom stereocenters. The van der Waals surface area contributed by atoms with E-state index in [0.29, 0.717) is 30.2 Å². The number of carbonyl (C=O) groups is 1. The van der Waals surface area contributed by atoms with Gasteiger partial charge in [0.05, 0.1) is 28.3 Å². The molecule has 0 bridgehead atoms. The SMILES string of the molecule is COc1cc(N2CCN(C(C)=O)CC2)ccc1Nc1ncnc(Nc2ccccc2S(=O)(=O)c2ccccc2)n1. The summed E-state index contributed by atoms with van der Waals surface area (Å²) in [5.41, 5.74) is 1.98. The average molecular weight is 560 g/mol. The Morgan fingerprint density at radius 3 is 2.17 bits per heavy atom. The molecular formula is C28H29N7O4S. The van der Waals surface area contributed by atoms with Gasteiger partial charge in [-0.05, 0) is 36.4 Å². The first-order chi connectivity index (χ1) is 19.3. The lowest BCUT2D eigenvalue weighted by Gasteiger charge is -2.35. The zero-order valence-corrected chi connectivity index (χ0v) is 22.9. The van der Waals surface area contributed by atoms with E-state index in [1.165, 1.54) is 12.4 Å². The minimum absolute atomic E-state index is 0.0873. The van der Waals surface area contributed by atoms with Crippen LogP contribution in [0.15, 0.2) is 88.9 Å². The Morgan fingerprint density at radius 2 is 1.50 bits per heavy atom. The minimum atomic E-state index is -3.77. The molecule has 1 aromatic heterocycles. The number of para-hydroxylation sites is 1. The van der Waals surface area contributed by atoms with Gasteiger partial charge in [0.15, 0.2) is 0 Å². The maximum Gasteiger partial charge on any atom is 0.232 e. The van der Waals surface area contributed by atoms with Crippen molar-refractivity contribution in [1.29, 1.82) is 0 Å². The second kappa shape index (κ2) is 11.6. The van der Waals surface area contributed by atoms with E-state index in [9.17, 15) is 13.2 Å². The summed E-state index contributed by atoms with van der Waals surface area (Å²) in [6.45, 7) is 4.41. The van der Waals surface area contributed by atoms with Gasteiger partial charge in [-0.1, -0.05) is 30.3 Å². The second-order valence-electron chi connectivity index (χ2n) is 9.07. The summed E-state index contributed by atoms with van der Waals surface area (Å²) in [5.74, 6) is 1.11. The number of benzene rings is 3. The third kappa shape index (κ3) is 5.81. The Morgan fingerprint density at radius 1 is 0.850 bits per heavy atom. The highest BCUT2D eigenvalue weighted by molar-refractivity contribution is 7.91. The summed E-state index contributed by atoms with van der Waals surface area (Å²) >= 11 is 0. The van der Waals surface area contributed by atoms with Gasteiger partial charge in [-0.25, -0.2) is 18.4 Å². The number of hydrogen-bond donors (Lipinski definition) is 2. The Labute approximate surface area is 232 Å². The van der Waals surface area contributed by atoms with Crippen LogP contribution in [0.5, 0.6) is 5.75 Å². The maximum absolute atomic E-state index is 13.3. The molecule has 1 aliphatic heterocycles. The number of amides is 1. The topological polar surface area (TPSA) is 130 Å². The highest BCUT2D eigenvalue weighted by Gasteiger charge is 2.22. The third-order valence-electron chi connectivity index (χ3n) is 6.57. The Balaban J connectivity index is 1.34. The van der Waals surface area contributed by atoms with Gasteiger partial charge in [0.1, 0.15) is 12.1 Å². The van der Waals surface area contributed by atoms with Crippen LogP contribution in [-0.2, 0) is 14.6 Å². The normalized spacial score (nSPS) is 13.6. The van der Waals surface area contributed by atoms with E-state index < -0.39 is 9.84 Å². The lowest BCUT2D eigenvalue weighted by molar-refractivity contribution is -0.129. The fourth-order valence-corrected chi connectivity index (χ4v) is 5.88. The summed E-state index contributed by atoms with van der Waals surface area (Å²) < 4.78 is 32.2. The average Bonchev–Trinajstić information content (AvgIpc) is 2.98. The summed E-state index contributed by atoms with van der Waals surface area (Å²) in [5, 5.41) is 6.18. The molecular weight excluding hydrogens is 530 g/mol. The molecule has 2 heterocycles. The predicted octanol–water partition coefficient (Wildman–Crippen LogP) is 3.87. The molecule has 5 rings (SSSR count). The largest absolute Gasteiger partial charge is 0.494 e. The van der Waals surface area contributed by atoms with Gasteiger partial charge in [0, 0.05) is 44.9 Å². The zero-order chi connectivity index (χ0) is 28.1. The first kappa shape index (κ1) is 26.9. The summed E-state index contributed by atoms with van der Waals surface area (Å²) in [7, 11) is -2.18. The molecule has 0 aliphatic carbocycles. The van der Waals surface area contributed by atoms with E-state index in [2.05, 4.69) is 30.5 Å². The molecule has 0 unspecified atom stereocenters. The van der Waals surface area contributed by atoms with E-state index in [1.54, 1.807) is 62.6 Å². The van der Waals surface area contributed by atoms with Gasteiger partial charge in [-0.2, -0.15) is 4.98 Å². The summed E-state index contributed by atoms with van der Waals surface area (Å²) in [6, 6.07) is 20.6. The monoisotopic (exact) mass is 559 g/mol. The zero-order valence-electron chi connectivity index (χ0n) is 22.1. The van der Waals surface area contributed by atoms with Gasteiger partial charge < -0.3 is 25.2 Å². The number of sulfone groups is 1. The van der Waals surface area contributed by atoms with E-state index in [4.69, 9.17) is 4.74 Å². The Hall–Kier alpha value is -4.71. The molecule has 12 heteroatoms. The number of anilines is 5. The van der Waals surface area contributed by atoms with Crippen molar-refractivity contribution >= 4 is 44.7 Å². The molecule has 1 aliphatic rings. The predicted molar refractivity (Wildman–Crippen MR) is 152 cm³/mol. The second-order valence-corrected chi connectivity index (χ2v) is 11.0. The number of ether oxygens (including phenoxy) is 1. The molecule has 4 aromatic rings. The number of nitrogens with zero attached hydrogens (tertiary/aromatic N) is 5. The van der Waals surface area contributed by atoms with Crippen molar-refractivity contribution in [3.8, 4) is 5.75 Å². The number of rotatable bonds is 8. The molecule has 206 valence electrons. The first-order valence-electron chi connectivity index (χ1n) is 12.7. The Kier molecular flexibility index (Phi) is 7.78. The highest BCUT2D eigenvalue weighted by Crippen LogP contribution is 2.33. The highest BCUT2D eigenvalue weighted by atomic mass is 32.2. The molecule has 11 nitrogen and oxygen atoms in total. The molecule has 0 radical (unpaired) electrons. The smallest absolute Gasteiger partial charge is 0.232 e. The summed E-state index contributed by atoms with van der Waals surface area (Å²) in [6.07, 6.45) is 1.33. The molecule has 1 saturated heterocycles. The first-order valence-corrected chi connectivity index (χ1v) is 14.1. The quantitative estimate of drug-likeness (QED) is 0.328. The van der Waals surface area contributed by atoms with Gasteiger partial charge in [0.2, 0.25) is 27.6 Å². The number of piperazine rings is 1. The molecule has 3 aromatic carbocycles. The van der Waals surface area contributed by atoms with Crippen LogP contribution in [-0.4, -0.2) is 67.5 Å². The van der Waals surface area contributed by atoms with Crippen molar-refractivity contribution in [2.24, 2.45) is 0 Å². The lowest BCUT2D eigenvalue weighted by atomic mass is 10.2. The Bertz CT molecular complexity index is 1610. The van der Waals surface area contributed by atoms with Crippen LogP contribution >= 0.6 is 0 Å². The van der Waals surface area contributed by atoms with Crippen molar-refractivity contribution in [2.45, 2.75) is 16.7 Å². The molecule has 2 N–H and O–H groups in total. The van der Waals surface area contributed by atoms with Crippen molar-refractivity contribution < 1.29 is 17.9 Å². The van der Waals surface area contributed by atoms with Crippen LogP contribution in [0.4, 0.5) is 29.0 Å². The van der Waals surface area contributed by atoms with E-state index in [-0.39, 0.29) is 27.6 Å². The van der Waals surface area contributed by atoms with Crippen molar-refractivity contribution in [3.05, 3.63) is 79.1 Å². The van der Waals surface area contributed by atoms with E-state index >= 15 is 0 Å². The molecule has 40 heavy (non-hydrogen) atoms. The van der Waals surface area contributed by atoms with Crippen LogP contribution in [0.25, 0.3) is 0 Å². The van der Waals surface area contributed by atoms with Gasteiger partial charge in [0.25, 0.3) is 0 Å².